The maximum absolute atomic E-state index is 11.2. The summed E-state index contributed by atoms with van der Waals surface area (Å²) in [7, 11) is -2.98. The number of sulfone groups is 1. The van der Waals surface area contributed by atoms with E-state index in [-0.39, 0.29) is 36.3 Å². The van der Waals surface area contributed by atoms with Gasteiger partial charge < -0.3 is 5.32 Å². The molecule has 0 aliphatic carbocycles. The average Bonchev–Trinajstić information content (AvgIpc) is 2.42. The molecule has 1 rings (SSSR count). The Labute approximate surface area is 93.1 Å². The van der Waals surface area contributed by atoms with Crippen LogP contribution < -0.4 is 5.32 Å². The lowest BCUT2D eigenvalue weighted by molar-refractivity contribution is -0.123. The van der Waals surface area contributed by atoms with Gasteiger partial charge in [-0.3, -0.25) is 9.59 Å². The standard InChI is InChI=1S/C8H12ClNO4S/c9-7(11)1-2-8(12)10-6-3-4-15(13,14)5-6/h6H,1-5H2,(H,10,12). The molecule has 0 radical (unpaired) electrons. The molecule has 0 spiro atoms. The molecule has 1 heterocycles. The molecule has 1 fully saturated rings. The quantitative estimate of drug-likeness (QED) is 0.706. The smallest absolute Gasteiger partial charge is 0.222 e. The van der Waals surface area contributed by atoms with E-state index in [9.17, 15) is 18.0 Å². The van der Waals surface area contributed by atoms with Crippen molar-refractivity contribution in [1.29, 1.82) is 0 Å². The monoisotopic (exact) mass is 253 g/mol. The van der Waals surface area contributed by atoms with Gasteiger partial charge in [0.1, 0.15) is 0 Å². The normalized spacial score (nSPS) is 23.7. The number of halogens is 1. The third-order valence-corrected chi connectivity index (χ3v) is 4.10. The first kappa shape index (κ1) is 12.4. The van der Waals surface area contributed by atoms with Gasteiger partial charge in [0.15, 0.2) is 9.84 Å². The highest BCUT2D eigenvalue weighted by molar-refractivity contribution is 7.91. The van der Waals surface area contributed by atoms with E-state index in [1.54, 1.807) is 0 Å². The van der Waals surface area contributed by atoms with Crippen LogP contribution in [0.25, 0.3) is 0 Å². The van der Waals surface area contributed by atoms with Gasteiger partial charge in [0.2, 0.25) is 11.1 Å². The number of amides is 1. The third-order valence-electron chi connectivity index (χ3n) is 2.15. The molecule has 86 valence electrons. The Morgan fingerprint density at radius 3 is 2.47 bits per heavy atom. The van der Waals surface area contributed by atoms with Crippen molar-refractivity contribution in [3.05, 3.63) is 0 Å². The molecular formula is C8H12ClNO4S. The molecule has 1 atom stereocenters. The minimum atomic E-state index is -2.98. The number of carbonyl (C=O) groups excluding carboxylic acids is 2. The average molecular weight is 254 g/mol. The first-order chi connectivity index (χ1) is 6.89. The number of hydrogen-bond acceptors (Lipinski definition) is 4. The van der Waals surface area contributed by atoms with Crippen LogP contribution in [-0.2, 0) is 19.4 Å². The predicted octanol–water partition coefficient (Wildman–Crippen LogP) is -0.165. The zero-order valence-electron chi connectivity index (χ0n) is 8.03. The maximum atomic E-state index is 11.2. The second-order valence-corrected chi connectivity index (χ2v) is 6.17. The van der Waals surface area contributed by atoms with Gasteiger partial charge in [-0.2, -0.15) is 0 Å². The van der Waals surface area contributed by atoms with Crippen LogP contribution in [0.5, 0.6) is 0 Å². The summed E-state index contributed by atoms with van der Waals surface area (Å²) in [5, 5.41) is 2.00. The molecule has 1 unspecified atom stereocenters. The van der Waals surface area contributed by atoms with E-state index in [0.29, 0.717) is 6.42 Å². The van der Waals surface area contributed by atoms with E-state index in [1.807, 2.05) is 0 Å². The fourth-order valence-electron chi connectivity index (χ4n) is 1.42. The highest BCUT2D eigenvalue weighted by Gasteiger charge is 2.28. The van der Waals surface area contributed by atoms with Crippen LogP contribution in [-0.4, -0.2) is 37.1 Å². The first-order valence-corrected chi connectivity index (χ1v) is 6.77. The molecule has 0 aromatic heterocycles. The van der Waals surface area contributed by atoms with Crippen molar-refractivity contribution in [3.63, 3.8) is 0 Å². The van der Waals surface area contributed by atoms with Crippen LogP contribution in [0.3, 0.4) is 0 Å². The van der Waals surface area contributed by atoms with Crippen LogP contribution in [0, 0.1) is 0 Å². The van der Waals surface area contributed by atoms with Crippen LogP contribution >= 0.6 is 11.6 Å². The minimum Gasteiger partial charge on any atom is -0.352 e. The van der Waals surface area contributed by atoms with Crippen molar-refractivity contribution in [3.8, 4) is 0 Å². The van der Waals surface area contributed by atoms with Crippen molar-refractivity contribution in [1.82, 2.24) is 5.32 Å². The van der Waals surface area contributed by atoms with Gasteiger partial charge in [-0.05, 0) is 18.0 Å². The van der Waals surface area contributed by atoms with E-state index in [4.69, 9.17) is 11.6 Å². The van der Waals surface area contributed by atoms with Gasteiger partial charge in [0.25, 0.3) is 0 Å². The highest BCUT2D eigenvalue weighted by Crippen LogP contribution is 2.11. The lowest BCUT2D eigenvalue weighted by Crippen LogP contribution is -2.35. The maximum Gasteiger partial charge on any atom is 0.222 e. The van der Waals surface area contributed by atoms with E-state index in [0.717, 1.165) is 0 Å². The van der Waals surface area contributed by atoms with Crippen molar-refractivity contribution < 1.29 is 18.0 Å². The zero-order chi connectivity index (χ0) is 11.5. The summed E-state index contributed by atoms with van der Waals surface area (Å²) < 4.78 is 22.1. The summed E-state index contributed by atoms with van der Waals surface area (Å²) in [5.41, 5.74) is 0. The molecule has 0 aromatic rings. The van der Waals surface area contributed by atoms with Crippen LogP contribution in [0.4, 0.5) is 0 Å². The van der Waals surface area contributed by atoms with Gasteiger partial charge in [0.05, 0.1) is 11.5 Å². The summed E-state index contributed by atoms with van der Waals surface area (Å²) in [6, 6.07) is -0.312. The second kappa shape index (κ2) is 4.94. The number of carbonyl (C=O) groups is 2. The van der Waals surface area contributed by atoms with E-state index in [2.05, 4.69) is 5.32 Å². The Balaban J connectivity index is 2.31. The Hall–Kier alpha value is -0.620. The van der Waals surface area contributed by atoms with Gasteiger partial charge in [-0.1, -0.05) is 0 Å². The molecule has 0 bridgehead atoms. The second-order valence-electron chi connectivity index (χ2n) is 3.52. The summed E-state index contributed by atoms with van der Waals surface area (Å²) in [6.45, 7) is 0. The third kappa shape index (κ3) is 4.61. The van der Waals surface area contributed by atoms with Crippen molar-refractivity contribution in [2.75, 3.05) is 11.5 Å². The van der Waals surface area contributed by atoms with E-state index < -0.39 is 15.1 Å². The first-order valence-electron chi connectivity index (χ1n) is 4.57. The SMILES string of the molecule is O=C(Cl)CCC(=O)NC1CCS(=O)(=O)C1. The Bertz CT molecular complexity index is 365. The zero-order valence-corrected chi connectivity index (χ0v) is 9.60. The molecule has 1 aliphatic rings. The highest BCUT2D eigenvalue weighted by atomic mass is 35.5. The number of nitrogens with one attached hydrogen (secondary N) is 1. The van der Waals surface area contributed by atoms with E-state index in [1.165, 1.54) is 0 Å². The Kier molecular flexibility index (Phi) is 4.10. The minimum absolute atomic E-state index is 0.00639. The summed E-state index contributed by atoms with van der Waals surface area (Å²) in [4.78, 5) is 21.6. The molecule has 0 aromatic carbocycles. The van der Waals surface area contributed by atoms with Gasteiger partial charge in [-0.25, -0.2) is 8.42 Å². The molecule has 1 N–H and O–H groups in total. The van der Waals surface area contributed by atoms with Crippen LogP contribution in [0.1, 0.15) is 19.3 Å². The van der Waals surface area contributed by atoms with Gasteiger partial charge in [-0.15, -0.1) is 0 Å². The topological polar surface area (TPSA) is 80.3 Å². The summed E-state index contributed by atoms with van der Waals surface area (Å²) >= 11 is 5.07. The van der Waals surface area contributed by atoms with E-state index >= 15 is 0 Å². The van der Waals surface area contributed by atoms with Crippen LogP contribution in [0.2, 0.25) is 0 Å². The predicted molar refractivity (Wildman–Crippen MR) is 55.3 cm³/mol. The fourth-order valence-corrected chi connectivity index (χ4v) is 3.19. The molecule has 15 heavy (non-hydrogen) atoms. The molecule has 1 amide bonds. The molecule has 1 aliphatic heterocycles. The largest absolute Gasteiger partial charge is 0.352 e. The van der Waals surface area contributed by atoms with Crippen molar-refractivity contribution in [2.45, 2.75) is 25.3 Å². The number of hydrogen-bond donors (Lipinski definition) is 1. The number of rotatable bonds is 4. The molecule has 1 saturated heterocycles. The van der Waals surface area contributed by atoms with Crippen molar-refractivity contribution >= 4 is 32.6 Å². The molecular weight excluding hydrogens is 242 g/mol. The van der Waals surface area contributed by atoms with Gasteiger partial charge >= 0.3 is 0 Å². The van der Waals surface area contributed by atoms with Gasteiger partial charge in [0, 0.05) is 18.9 Å². The van der Waals surface area contributed by atoms with Crippen molar-refractivity contribution in [2.24, 2.45) is 0 Å². The lowest BCUT2D eigenvalue weighted by Gasteiger charge is -2.09. The summed E-state index contributed by atoms with van der Waals surface area (Å²) in [5.74, 6) is -0.217. The fraction of sp³-hybridized carbons (Fsp3) is 0.750. The Morgan fingerprint density at radius 1 is 1.33 bits per heavy atom. The van der Waals surface area contributed by atoms with Crippen LogP contribution in [0.15, 0.2) is 0 Å². The Morgan fingerprint density at radius 2 is 2.00 bits per heavy atom. The molecule has 0 saturated carbocycles. The molecule has 5 nitrogen and oxygen atoms in total. The molecule has 7 heteroatoms. The summed E-state index contributed by atoms with van der Waals surface area (Å²) in [6.07, 6.45) is 0.439. The lowest BCUT2D eigenvalue weighted by atomic mass is 10.2.